The van der Waals surface area contributed by atoms with Gasteiger partial charge in [-0.3, -0.25) is 4.21 Å². The van der Waals surface area contributed by atoms with E-state index in [2.05, 4.69) is 20.8 Å². The summed E-state index contributed by atoms with van der Waals surface area (Å²) < 4.78 is 12.0. The predicted molar refractivity (Wildman–Crippen MR) is 62.6 cm³/mol. The van der Waals surface area contributed by atoms with E-state index in [-0.39, 0.29) is 4.08 Å². The molecule has 1 aliphatic rings. The van der Waals surface area contributed by atoms with Crippen LogP contribution in [-0.2, 0) is 10.8 Å². The summed E-state index contributed by atoms with van der Waals surface area (Å²) in [4.78, 5) is 0. The second-order valence-corrected chi connectivity index (χ2v) is 8.36. The van der Waals surface area contributed by atoms with Crippen molar-refractivity contribution < 1.29 is 4.21 Å². The topological polar surface area (TPSA) is 17.1 Å². The van der Waals surface area contributed by atoms with E-state index in [1.54, 1.807) is 0 Å². The molecule has 78 valence electrons. The first-order valence-electron chi connectivity index (χ1n) is 5.12. The summed E-state index contributed by atoms with van der Waals surface area (Å²) in [6, 6.07) is 0. The maximum Gasteiger partial charge on any atom is 0.0855 e. The highest BCUT2D eigenvalue weighted by atomic mass is 32.2. The highest BCUT2D eigenvalue weighted by Gasteiger charge is 2.35. The lowest BCUT2D eigenvalue weighted by Crippen LogP contribution is -2.36. The van der Waals surface area contributed by atoms with Crippen molar-refractivity contribution in [3.8, 4) is 0 Å². The maximum absolute atomic E-state index is 12.0. The van der Waals surface area contributed by atoms with Crippen LogP contribution in [0.2, 0.25) is 0 Å². The van der Waals surface area contributed by atoms with E-state index in [1.165, 1.54) is 18.6 Å². The molecule has 0 aromatic carbocycles. The van der Waals surface area contributed by atoms with Gasteiger partial charge in [0.1, 0.15) is 0 Å². The zero-order chi connectivity index (χ0) is 9.90. The molecule has 0 amide bonds. The fourth-order valence-corrected chi connectivity index (χ4v) is 5.37. The van der Waals surface area contributed by atoms with Crippen LogP contribution in [0.3, 0.4) is 0 Å². The van der Waals surface area contributed by atoms with Gasteiger partial charge in [0.2, 0.25) is 0 Å². The van der Waals surface area contributed by atoms with Crippen LogP contribution in [-0.4, -0.2) is 19.3 Å². The van der Waals surface area contributed by atoms with E-state index in [9.17, 15) is 4.21 Å². The Morgan fingerprint density at radius 1 is 1.54 bits per heavy atom. The molecule has 1 saturated heterocycles. The van der Waals surface area contributed by atoms with Gasteiger partial charge in [-0.25, -0.2) is 0 Å². The first kappa shape index (κ1) is 11.6. The molecular weight excluding hydrogens is 200 g/mol. The average molecular weight is 220 g/mol. The van der Waals surface area contributed by atoms with Gasteiger partial charge < -0.3 is 0 Å². The van der Waals surface area contributed by atoms with Crippen molar-refractivity contribution in [2.75, 3.05) is 5.75 Å². The number of unbranched alkanes of at least 4 members (excludes halogenated alkanes) is 1. The van der Waals surface area contributed by atoms with Gasteiger partial charge in [0.05, 0.1) is 4.08 Å². The minimum absolute atomic E-state index is 0.00332. The van der Waals surface area contributed by atoms with Gasteiger partial charge in [0.25, 0.3) is 0 Å². The molecule has 3 heteroatoms. The van der Waals surface area contributed by atoms with Crippen molar-refractivity contribution in [2.45, 2.75) is 55.8 Å². The number of thioether (sulfide) groups is 1. The van der Waals surface area contributed by atoms with Crippen LogP contribution < -0.4 is 0 Å². The van der Waals surface area contributed by atoms with Crippen LogP contribution in [0.1, 0.15) is 46.5 Å². The molecule has 0 radical (unpaired) electrons. The molecule has 0 saturated carbocycles. The van der Waals surface area contributed by atoms with Gasteiger partial charge in [0.15, 0.2) is 0 Å². The van der Waals surface area contributed by atoms with E-state index in [0.717, 1.165) is 12.8 Å². The Bertz CT molecular complexity index is 189. The van der Waals surface area contributed by atoms with Gasteiger partial charge in [-0.15, -0.1) is 11.8 Å². The summed E-state index contributed by atoms with van der Waals surface area (Å²) in [7, 11) is -0.627. The van der Waals surface area contributed by atoms with Crippen molar-refractivity contribution in [1.82, 2.24) is 0 Å². The molecule has 13 heavy (non-hydrogen) atoms. The highest BCUT2D eigenvalue weighted by molar-refractivity contribution is 8.13. The molecule has 2 atom stereocenters. The van der Waals surface area contributed by atoms with Gasteiger partial charge in [-0.05, 0) is 32.4 Å². The first-order valence-corrected chi connectivity index (χ1v) is 7.32. The third-order valence-electron chi connectivity index (χ3n) is 2.56. The molecule has 2 unspecified atom stereocenters. The number of rotatable bonds is 3. The summed E-state index contributed by atoms with van der Waals surface area (Å²) in [6.07, 6.45) is 4.77. The Kier molecular flexibility index (Phi) is 4.30. The van der Waals surface area contributed by atoms with E-state index in [0.29, 0.717) is 5.25 Å². The Labute approximate surface area is 88.5 Å². The zero-order valence-corrected chi connectivity index (χ0v) is 10.5. The van der Waals surface area contributed by atoms with E-state index < -0.39 is 10.8 Å². The standard InChI is InChI=1S/C10H20OS2/c1-4-5-6-9-7-8-12-10(2,3)13(9)11/h9H,4-8H2,1-3H3. The summed E-state index contributed by atoms with van der Waals surface area (Å²) in [5, 5.41) is 0.469. The molecular formula is C10H20OS2. The molecule has 1 aliphatic heterocycles. The molecule has 0 N–H and O–H groups in total. The molecule has 1 nitrogen and oxygen atoms in total. The Hall–Kier alpha value is 0.500. The Morgan fingerprint density at radius 2 is 2.23 bits per heavy atom. The largest absolute Gasteiger partial charge is 0.258 e. The van der Waals surface area contributed by atoms with Crippen molar-refractivity contribution in [2.24, 2.45) is 0 Å². The van der Waals surface area contributed by atoms with E-state index in [1.807, 2.05) is 11.8 Å². The van der Waals surface area contributed by atoms with E-state index >= 15 is 0 Å². The Morgan fingerprint density at radius 3 is 2.85 bits per heavy atom. The van der Waals surface area contributed by atoms with Crippen LogP contribution in [0.4, 0.5) is 0 Å². The average Bonchev–Trinajstić information content (AvgIpc) is 2.08. The molecule has 0 aromatic rings. The normalized spacial score (nSPS) is 33.2. The van der Waals surface area contributed by atoms with Gasteiger partial charge in [-0.1, -0.05) is 19.8 Å². The summed E-state index contributed by atoms with van der Waals surface area (Å²) in [5.74, 6) is 1.19. The van der Waals surface area contributed by atoms with Crippen molar-refractivity contribution in [3.05, 3.63) is 0 Å². The third kappa shape index (κ3) is 2.98. The molecule has 1 heterocycles. The molecule has 1 fully saturated rings. The monoisotopic (exact) mass is 220 g/mol. The van der Waals surface area contributed by atoms with Crippen LogP contribution >= 0.6 is 11.8 Å². The zero-order valence-electron chi connectivity index (χ0n) is 8.84. The minimum Gasteiger partial charge on any atom is -0.258 e. The van der Waals surface area contributed by atoms with Crippen molar-refractivity contribution in [3.63, 3.8) is 0 Å². The van der Waals surface area contributed by atoms with E-state index in [4.69, 9.17) is 0 Å². The first-order chi connectivity index (χ1) is 6.08. The summed E-state index contributed by atoms with van der Waals surface area (Å²) in [6.45, 7) is 6.43. The second kappa shape index (κ2) is 4.83. The second-order valence-electron chi connectivity index (χ2n) is 4.10. The lowest BCUT2D eigenvalue weighted by Gasteiger charge is -2.33. The minimum atomic E-state index is -0.627. The van der Waals surface area contributed by atoms with Crippen molar-refractivity contribution >= 4 is 22.6 Å². The smallest absolute Gasteiger partial charge is 0.0855 e. The fourth-order valence-electron chi connectivity index (χ4n) is 1.69. The summed E-state index contributed by atoms with van der Waals surface area (Å²) in [5.41, 5.74) is 0. The predicted octanol–water partition coefficient (Wildman–Crippen LogP) is 3.17. The molecule has 1 rings (SSSR count). The summed E-state index contributed by atoms with van der Waals surface area (Å²) >= 11 is 1.87. The third-order valence-corrected chi connectivity index (χ3v) is 6.58. The molecule has 0 bridgehead atoms. The molecule has 0 aliphatic carbocycles. The van der Waals surface area contributed by atoms with Crippen LogP contribution in [0.25, 0.3) is 0 Å². The highest BCUT2D eigenvalue weighted by Crippen LogP contribution is 2.38. The Balaban J connectivity index is 2.51. The van der Waals surface area contributed by atoms with Crippen molar-refractivity contribution in [1.29, 1.82) is 0 Å². The fraction of sp³-hybridized carbons (Fsp3) is 1.00. The number of hydrogen-bond donors (Lipinski definition) is 0. The number of hydrogen-bond acceptors (Lipinski definition) is 2. The van der Waals surface area contributed by atoms with Gasteiger partial charge >= 0.3 is 0 Å². The van der Waals surface area contributed by atoms with Gasteiger partial charge in [-0.2, -0.15) is 0 Å². The lowest BCUT2D eigenvalue weighted by molar-refractivity contribution is 0.612. The quantitative estimate of drug-likeness (QED) is 0.727. The van der Waals surface area contributed by atoms with Crippen LogP contribution in [0.15, 0.2) is 0 Å². The molecule has 0 spiro atoms. The lowest BCUT2D eigenvalue weighted by atomic mass is 10.2. The van der Waals surface area contributed by atoms with Gasteiger partial charge in [0, 0.05) is 16.0 Å². The van der Waals surface area contributed by atoms with Crippen LogP contribution in [0.5, 0.6) is 0 Å². The SMILES string of the molecule is CCCCC1CCSC(C)(C)S1=O. The van der Waals surface area contributed by atoms with Crippen LogP contribution in [0, 0.1) is 0 Å². The molecule has 0 aromatic heterocycles. The maximum atomic E-state index is 12.0.